The van der Waals surface area contributed by atoms with E-state index < -0.39 is 0 Å². The van der Waals surface area contributed by atoms with Gasteiger partial charge in [-0.15, -0.1) is 0 Å². The minimum atomic E-state index is 0.0241. The Balaban J connectivity index is 1.81. The van der Waals surface area contributed by atoms with Crippen LogP contribution < -0.4 is 5.32 Å². The molecule has 1 aliphatic rings. The van der Waals surface area contributed by atoms with Crippen molar-refractivity contribution in [3.63, 3.8) is 0 Å². The van der Waals surface area contributed by atoms with E-state index in [9.17, 15) is 4.79 Å². The van der Waals surface area contributed by atoms with Crippen molar-refractivity contribution in [2.45, 2.75) is 52.1 Å². The van der Waals surface area contributed by atoms with E-state index in [-0.39, 0.29) is 11.9 Å². The Labute approximate surface area is 120 Å². The van der Waals surface area contributed by atoms with Gasteiger partial charge in [-0.2, -0.15) is 5.10 Å². The summed E-state index contributed by atoms with van der Waals surface area (Å²) >= 11 is 0. The summed E-state index contributed by atoms with van der Waals surface area (Å²) in [5.41, 5.74) is 0. The van der Waals surface area contributed by atoms with Crippen LogP contribution in [0.2, 0.25) is 0 Å². The molecule has 20 heavy (non-hydrogen) atoms. The fraction of sp³-hybridized carbons (Fsp3) is 0.786. The Morgan fingerprint density at radius 1 is 1.35 bits per heavy atom. The smallest absolute Gasteiger partial charge is 0.237 e. The van der Waals surface area contributed by atoms with Crippen LogP contribution in [-0.2, 0) is 11.3 Å². The molecule has 1 unspecified atom stereocenters. The number of amides is 1. The topological polar surface area (TPSA) is 63.1 Å². The van der Waals surface area contributed by atoms with Gasteiger partial charge in [0.05, 0.1) is 12.6 Å². The highest BCUT2D eigenvalue weighted by molar-refractivity contribution is 5.81. The van der Waals surface area contributed by atoms with Crippen LogP contribution in [0.5, 0.6) is 0 Å². The van der Waals surface area contributed by atoms with Crippen molar-refractivity contribution in [2.75, 3.05) is 20.1 Å². The molecule has 0 saturated carbocycles. The van der Waals surface area contributed by atoms with Gasteiger partial charge in [-0.05, 0) is 40.3 Å². The molecule has 1 aliphatic heterocycles. The molecule has 0 radical (unpaired) electrons. The summed E-state index contributed by atoms with van der Waals surface area (Å²) in [7, 11) is 2.04. The Bertz CT molecular complexity index is 456. The van der Waals surface area contributed by atoms with E-state index in [1.165, 1.54) is 12.8 Å². The molecule has 0 aromatic carbocycles. The van der Waals surface area contributed by atoms with Crippen molar-refractivity contribution in [3.8, 4) is 0 Å². The maximum absolute atomic E-state index is 12.2. The number of rotatable bonds is 4. The van der Waals surface area contributed by atoms with Crippen molar-refractivity contribution in [1.82, 2.24) is 25.0 Å². The third-order valence-electron chi connectivity index (χ3n) is 3.91. The highest BCUT2D eigenvalue weighted by Crippen LogP contribution is 2.14. The normalized spacial score (nSPS) is 20.6. The van der Waals surface area contributed by atoms with Gasteiger partial charge < -0.3 is 5.32 Å². The van der Waals surface area contributed by atoms with E-state index in [1.807, 2.05) is 25.6 Å². The van der Waals surface area contributed by atoms with Crippen LogP contribution in [-0.4, -0.2) is 51.8 Å². The van der Waals surface area contributed by atoms with Gasteiger partial charge in [0.15, 0.2) is 0 Å². The van der Waals surface area contributed by atoms with Crippen LogP contribution in [0.25, 0.3) is 0 Å². The van der Waals surface area contributed by atoms with Crippen LogP contribution in [0.1, 0.15) is 37.3 Å². The monoisotopic (exact) mass is 279 g/mol. The molecule has 1 saturated heterocycles. The third-order valence-corrected chi connectivity index (χ3v) is 3.91. The predicted molar refractivity (Wildman–Crippen MR) is 77.4 cm³/mol. The first-order valence-electron chi connectivity index (χ1n) is 7.44. The zero-order valence-corrected chi connectivity index (χ0v) is 12.7. The lowest BCUT2D eigenvalue weighted by Crippen LogP contribution is -2.45. The number of aryl methyl sites for hydroxylation is 2. The van der Waals surface area contributed by atoms with Gasteiger partial charge in [0.1, 0.15) is 11.6 Å². The summed E-state index contributed by atoms with van der Waals surface area (Å²) in [6.45, 7) is 6.10. The molecule has 1 amide bonds. The lowest BCUT2D eigenvalue weighted by Gasteiger charge is -2.24. The highest BCUT2D eigenvalue weighted by atomic mass is 16.2. The largest absolute Gasteiger partial charge is 0.353 e. The zero-order valence-electron chi connectivity index (χ0n) is 12.7. The van der Waals surface area contributed by atoms with Crippen LogP contribution >= 0.6 is 0 Å². The minimum Gasteiger partial charge on any atom is -0.353 e. The molecule has 112 valence electrons. The molecule has 1 atom stereocenters. The van der Waals surface area contributed by atoms with Crippen molar-refractivity contribution in [1.29, 1.82) is 0 Å². The fourth-order valence-electron chi connectivity index (χ4n) is 2.76. The summed E-state index contributed by atoms with van der Waals surface area (Å²) in [4.78, 5) is 18.7. The van der Waals surface area contributed by atoms with E-state index in [1.54, 1.807) is 0 Å². The van der Waals surface area contributed by atoms with Crippen LogP contribution in [0.4, 0.5) is 0 Å². The first-order chi connectivity index (χ1) is 9.58. The summed E-state index contributed by atoms with van der Waals surface area (Å²) in [6, 6.07) is 0.0241. The first kappa shape index (κ1) is 15.0. The second kappa shape index (κ2) is 6.83. The molecular formula is C14H25N5O. The molecule has 0 bridgehead atoms. The van der Waals surface area contributed by atoms with E-state index in [0.29, 0.717) is 13.1 Å². The summed E-state index contributed by atoms with van der Waals surface area (Å²) in [6.07, 6.45) is 4.52. The molecule has 0 aliphatic carbocycles. The average Bonchev–Trinajstić information content (AvgIpc) is 2.60. The number of hydrogen-bond donors (Lipinski definition) is 1. The van der Waals surface area contributed by atoms with E-state index in [4.69, 9.17) is 0 Å². The maximum Gasteiger partial charge on any atom is 0.237 e. The predicted octanol–water partition coefficient (Wildman–Crippen LogP) is 0.886. The molecule has 1 aromatic rings. The number of aromatic nitrogens is 3. The number of likely N-dealkylation sites (tertiary alicyclic amines) is 1. The lowest BCUT2D eigenvalue weighted by atomic mass is 10.1. The maximum atomic E-state index is 12.2. The van der Waals surface area contributed by atoms with Crippen LogP contribution in [0, 0.1) is 13.8 Å². The first-order valence-corrected chi connectivity index (χ1v) is 7.44. The number of carbonyl (C=O) groups excluding carboxylic acids is 1. The molecule has 6 heteroatoms. The summed E-state index contributed by atoms with van der Waals surface area (Å²) < 4.78 is 1.84. The molecule has 0 spiro atoms. The molecule has 2 heterocycles. The second-order valence-electron chi connectivity index (χ2n) is 5.57. The van der Waals surface area contributed by atoms with Gasteiger partial charge in [-0.1, -0.05) is 12.8 Å². The number of likely N-dealkylation sites (N-methyl/N-ethyl adjacent to an activating group) is 1. The third kappa shape index (κ3) is 3.79. The standard InChI is InChI=1S/C14H25N5O/c1-11-16-12(2)19(17-11)10-8-15-14(20)13-7-5-4-6-9-18(13)3/h13H,4-10H2,1-3H3,(H,15,20). The van der Waals surface area contributed by atoms with Crippen molar-refractivity contribution >= 4 is 5.91 Å². The van der Waals surface area contributed by atoms with Crippen LogP contribution in [0.3, 0.4) is 0 Å². The fourth-order valence-corrected chi connectivity index (χ4v) is 2.76. The molecule has 1 N–H and O–H groups in total. The summed E-state index contributed by atoms with van der Waals surface area (Å²) in [5, 5.41) is 7.32. The molecular weight excluding hydrogens is 254 g/mol. The van der Waals surface area contributed by atoms with Gasteiger partial charge in [-0.25, -0.2) is 9.67 Å². The summed E-state index contributed by atoms with van der Waals surface area (Å²) in [5.74, 6) is 1.81. The number of carbonyl (C=O) groups is 1. The minimum absolute atomic E-state index is 0.0241. The van der Waals surface area contributed by atoms with Crippen molar-refractivity contribution in [3.05, 3.63) is 11.6 Å². The van der Waals surface area contributed by atoms with Crippen molar-refractivity contribution < 1.29 is 4.79 Å². The number of hydrogen-bond acceptors (Lipinski definition) is 4. The molecule has 1 fully saturated rings. The number of nitrogens with zero attached hydrogens (tertiary/aromatic N) is 4. The van der Waals surface area contributed by atoms with Gasteiger partial charge in [0.2, 0.25) is 5.91 Å². The SMILES string of the molecule is Cc1nc(C)n(CCNC(=O)C2CCCCCN2C)n1. The zero-order chi connectivity index (χ0) is 14.5. The van der Waals surface area contributed by atoms with E-state index in [2.05, 4.69) is 20.3 Å². The molecule has 1 aromatic heterocycles. The average molecular weight is 279 g/mol. The molecule has 2 rings (SSSR count). The van der Waals surface area contributed by atoms with Gasteiger partial charge >= 0.3 is 0 Å². The van der Waals surface area contributed by atoms with Crippen LogP contribution in [0.15, 0.2) is 0 Å². The lowest BCUT2D eigenvalue weighted by molar-refractivity contribution is -0.126. The quantitative estimate of drug-likeness (QED) is 0.889. The van der Waals surface area contributed by atoms with Gasteiger partial charge in [-0.3, -0.25) is 9.69 Å². The van der Waals surface area contributed by atoms with Crippen molar-refractivity contribution in [2.24, 2.45) is 0 Å². The Morgan fingerprint density at radius 2 is 2.15 bits per heavy atom. The number of nitrogens with one attached hydrogen (secondary N) is 1. The van der Waals surface area contributed by atoms with E-state index >= 15 is 0 Å². The van der Waals surface area contributed by atoms with Gasteiger partial charge in [0, 0.05) is 6.54 Å². The van der Waals surface area contributed by atoms with E-state index in [0.717, 1.165) is 31.0 Å². The molecule has 6 nitrogen and oxygen atoms in total. The second-order valence-corrected chi connectivity index (χ2v) is 5.57. The highest BCUT2D eigenvalue weighted by Gasteiger charge is 2.24. The Hall–Kier alpha value is -1.43. The Kier molecular flexibility index (Phi) is 5.11. The van der Waals surface area contributed by atoms with Gasteiger partial charge in [0.25, 0.3) is 0 Å². The Morgan fingerprint density at radius 3 is 2.85 bits per heavy atom.